The molecule has 0 saturated carbocycles. The molecule has 0 aliphatic heterocycles. The lowest BCUT2D eigenvalue weighted by molar-refractivity contribution is -0.116. The van der Waals surface area contributed by atoms with Crippen molar-refractivity contribution in [3.05, 3.63) is 29.3 Å². The number of esters is 1. The highest BCUT2D eigenvalue weighted by molar-refractivity contribution is 6.31. The first-order valence-electron chi connectivity index (χ1n) is 4.59. The molecule has 1 aromatic carbocycles. The molecular formula is C11H12ClNO3. The number of methoxy groups -OCH3 is 1. The summed E-state index contributed by atoms with van der Waals surface area (Å²) in [5, 5.41) is -0.785. The van der Waals surface area contributed by atoms with Gasteiger partial charge in [-0.2, -0.15) is 0 Å². The van der Waals surface area contributed by atoms with Crippen molar-refractivity contribution in [1.29, 1.82) is 0 Å². The van der Waals surface area contributed by atoms with E-state index in [2.05, 4.69) is 4.74 Å². The number of alkyl halides is 1. The first kappa shape index (κ1) is 12.5. The molecule has 0 saturated heterocycles. The Balaban J connectivity index is 3.09. The fourth-order valence-corrected chi connectivity index (χ4v) is 1.47. The van der Waals surface area contributed by atoms with Gasteiger partial charge in [0.05, 0.1) is 12.7 Å². The van der Waals surface area contributed by atoms with Crippen molar-refractivity contribution >= 4 is 29.0 Å². The molecule has 5 heteroatoms. The Kier molecular flexibility index (Phi) is 3.90. The Hall–Kier alpha value is -1.55. The van der Waals surface area contributed by atoms with Crippen LogP contribution < -0.4 is 5.73 Å². The lowest BCUT2D eigenvalue weighted by atomic mass is 10.0. The fraction of sp³-hybridized carbons (Fsp3) is 0.273. The molecule has 1 rings (SSSR count). The molecule has 0 heterocycles. The number of ether oxygens (including phenoxy) is 1. The number of benzene rings is 1. The summed E-state index contributed by atoms with van der Waals surface area (Å²) in [6, 6.07) is 4.52. The van der Waals surface area contributed by atoms with E-state index in [0.717, 1.165) is 0 Å². The van der Waals surface area contributed by atoms with Crippen LogP contribution in [0.2, 0.25) is 0 Å². The molecule has 1 atom stereocenters. The second-order valence-corrected chi connectivity index (χ2v) is 3.74. The second kappa shape index (κ2) is 4.99. The van der Waals surface area contributed by atoms with Crippen LogP contribution >= 0.6 is 11.6 Å². The zero-order chi connectivity index (χ0) is 12.3. The van der Waals surface area contributed by atoms with Crippen LogP contribution in [-0.4, -0.2) is 18.9 Å². The minimum Gasteiger partial charge on any atom is -0.465 e. The Morgan fingerprint density at radius 3 is 2.50 bits per heavy atom. The van der Waals surface area contributed by atoms with Crippen LogP contribution in [0.4, 0.5) is 5.69 Å². The zero-order valence-corrected chi connectivity index (χ0v) is 9.75. The summed E-state index contributed by atoms with van der Waals surface area (Å²) < 4.78 is 4.54. The molecule has 0 aromatic heterocycles. The molecule has 86 valence electrons. The van der Waals surface area contributed by atoms with Crippen LogP contribution in [0.15, 0.2) is 18.2 Å². The standard InChI is InChI=1S/C11H12ClNO3/c1-6(14)10(12)8-4-3-7(5-9(8)13)11(15)16-2/h3-5,10H,13H2,1-2H3. The van der Waals surface area contributed by atoms with E-state index < -0.39 is 11.3 Å². The molecule has 1 aromatic rings. The topological polar surface area (TPSA) is 69.4 Å². The smallest absolute Gasteiger partial charge is 0.337 e. The SMILES string of the molecule is COC(=O)c1ccc(C(Cl)C(C)=O)c(N)c1. The number of anilines is 1. The fourth-order valence-electron chi connectivity index (χ4n) is 1.27. The maximum absolute atomic E-state index is 11.2. The third-order valence-corrected chi connectivity index (χ3v) is 2.68. The van der Waals surface area contributed by atoms with Gasteiger partial charge in [-0.15, -0.1) is 11.6 Å². The largest absolute Gasteiger partial charge is 0.465 e. The highest BCUT2D eigenvalue weighted by Gasteiger charge is 2.17. The Morgan fingerprint density at radius 2 is 2.06 bits per heavy atom. The molecule has 4 nitrogen and oxygen atoms in total. The van der Waals surface area contributed by atoms with Gasteiger partial charge in [0, 0.05) is 11.3 Å². The number of nitrogen functional groups attached to an aromatic ring is 1. The van der Waals surface area contributed by atoms with Crippen molar-refractivity contribution in [3.63, 3.8) is 0 Å². The number of carbonyl (C=O) groups excluding carboxylic acids is 2. The molecule has 0 spiro atoms. The van der Waals surface area contributed by atoms with E-state index in [-0.39, 0.29) is 5.78 Å². The van der Waals surface area contributed by atoms with E-state index in [1.165, 1.54) is 26.2 Å². The van der Waals surface area contributed by atoms with E-state index in [0.29, 0.717) is 16.8 Å². The molecule has 0 radical (unpaired) electrons. The monoisotopic (exact) mass is 241 g/mol. The minimum atomic E-state index is -0.785. The molecule has 0 amide bonds. The Morgan fingerprint density at radius 1 is 1.44 bits per heavy atom. The van der Waals surface area contributed by atoms with Gasteiger partial charge in [0.25, 0.3) is 0 Å². The average Bonchev–Trinajstić information content (AvgIpc) is 2.26. The number of Topliss-reactive ketones (excluding diaryl/α,β-unsaturated/α-hetero) is 1. The minimum absolute atomic E-state index is 0.195. The number of hydrogen-bond donors (Lipinski definition) is 1. The first-order valence-corrected chi connectivity index (χ1v) is 5.03. The van der Waals surface area contributed by atoms with Crippen LogP contribution in [-0.2, 0) is 9.53 Å². The van der Waals surface area contributed by atoms with Crippen LogP contribution in [0.3, 0.4) is 0 Å². The van der Waals surface area contributed by atoms with Gasteiger partial charge in [0.2, 0.25) is 0 Å². The number of halogens is 1. The Bertz CT molecular complexity index is 431. The van der Waals surface area contributed by atoms with Gasteiger partial charge >= 0.3 is 5.97 Å². The molecule has 16 heavy (non-hydrogen) atoms. The van der Waals surface area contributed by atoms with Gasteiger partial charge in [0.15, 0.2) is 5.78 Å². The third kappa shape index (κ3) is 2.52. The van der Waals surface area contributed by atoms with Crippen LogP contribution in [0.1, 0.15) is 28.2 Å². The summed E-state index contributed by atoms with van der Waals surface area (Å²) >= 11 is 5.87. The number of carbonyl (C=O) groups is 2. The quantitative estimate of drug-likeness (QED) is 0.499. The van der Waals surface area contributed by atoms with Crippen molar-refractivity contribution in [2.75, 3.05) is 12.8 Å². The zero-order valence-electron chi connectivity index (χ0n) is 8.99. The molecule has 0 fully saturated rings. The van der Waals surface area contributed by atoms with Gasteiger partial charge in [-0.25, -0.2) is 4.79 Å². The van der Waals surface area contributed by atoms with E-state index in [1.54, 1.807) is 6.07 Å². The second-order valence-electron chi connectivity index (χ2n) is 3.31. The molecule has 1 unspecified atom stereocenters. The number of ketones is 1. The van der Waals surface area contributed by atoms with Crippen molar-refractivity contribution in [1.82, 2.24) is 0 Å². The van der Waals surface area contributed by atoms with Gasteiger partial charge in [-0.1, -0.05) is 6.07 Å². The number of nitrogens with two attached hydrogens (primary N) is 1. The van der Waals surface area contributed by atoms with Crippen LogP contribution in [0.25, 0.3) is 0 Å². The lowest BCUT2D eigenvalue weighted by Gasteiger charge is -2.10. The summed E-state index contributed by atoms with van der Waals surface area (Å²) in [6.07, 6.45) is 0. The number of rotatable bonds is 3. The number of hydrogen-bond acceptors (Lipinski definition) is 4. The van der Waals surface area contributed by atoms with Crippen LogP contribution in [0, 0.1) is 0 Å². The van der Waals surface area contributed by atoms with Crippen molar-refractivity contribution in [2.45, 2.75) is 12.3 Å². The molecule has 2 N–H and O–H groups in total. The molecule has 0 aliphatic carbocycles. The third-order valence-electron chi connectivity index (χ3n) is 2.14. The maximum Gasteiger partial charge on any atom is 0.337 e. The van der Waals surface area contributed by atoms with E-state index in [1.807, 2.05) is 0 Å². The van der Waals surface area contributed by atoms with Crippen molar-refractivity contribution < 1.29 is 14.3 Å². The van der Waals surface area contributed by atoms with Gasteiger partial charge in [0.1, 0.15) is 5.38 Å². The summed E-state index contributed by atoms with van der Waals surface area (Å²) in [5.74, 6) is -0.675. The van der Waals surface area contributed by atoms with E-state index in [9.17, 15) is 9.59 Å². The molecule has 0 bridgehead atoms. The maximum atomic E-state index is 11.2. The lowest BCUT2D eigenvalue weighted by Crippen LogP contribution is -2.08. The summed E-state index contributed by atoms with van der Waals surface area (Å²) in [4.78, 5) is 22.3. The molecule has 0 aliphatic rings. The van der Waals surface area contributed by atoms with E-state index >= 15 is 0 Å². The predicted octanol–water partition coefficient (Wildman–Crippen LogP) is 1.92. The van der Waals surface area contributed by atoms with Crippen molar-refractivity contribution in [3.8, 4) is 0 Å². The molecular weight excluding hydrogens is 230 g/mol. The van der Waals surface area contributed by atoms with Crippen molar-refractivity contribution in [2.24, 2.45) is 0 Å². The average molecular weight is 242 g/mol. The Labute approximate surface area is 98.3 Å². The normalized spacial score (nSPS) is 11.9. The van der Waals surface area contributed by atoms with E-state index in [4.69, 9.17) is 17.3 Å². The van der Waals surface area contributed by atoms with Gasteiger partial charge < -0.3 is 10.5 Å². The predicted molar refractivity (Wildman–Crippen MR) is 61.5 cm³/mol. The summed E-state index contributed by atoms with van der Waals surface area (Å²) in [7, 11) is 1.28. The highest BCUT2D eigenvalue weighted by Crippen LogP contribution is 2.27. The highest BCUT2D eigenvalue weighted by atomic mass is 35.5. The summed E-state index contributed by atoms with van der Waals surface area (Å²) in [6.45, 7) is 1.38. The first-order chi connectivity index (χ1) is 7.47. The van der Waals surface area contributed by atoms with Crippen LogP contribution in [0.5, 0.6) is 0 Å². The van der Waals surface area contributed by atoms with Gasteiger partial charge in [-0.3, -0.25) is 4.79 Å². The summed E-state index contributed by atoms with van der Waals surface area (Å²) in [5.41, 5.74) is 6.84. The van der Waals surface area contributed by atoms with Gasteiger partial charge in [-0.05, 0) is 19.1 Å².